The quantitative estimate of drug-likeness (QED) is 0.653. The summed E-state index contributed by atoms with van der Waals surface area (Å²) in [5.41, 5.74) is 0.767. The maximum atomic E-state index is 12.4. The monoisotopic (exact) mass is 392 g/mol. The fourth-order valence-electron chi connectivity index (χ4n) is 3.54. The molecule has 0 bridgehead atoms. The lowest BCUT2D eigenvalue weighted by Gasteiger charge is -2.35. The first-order valence-corrected chi connectivity index (χ1v) is 9.96. The number of likely N-dealkylation sites (tertiary alicyclic amines) is 1. The zero-order valence-electron chi connectivity index (χ0n) is 17.4. The largest absolute Gasteiger partial charge is 0.488 e. The van der Waals surface area contributed by atoms with Gasteiger partial charge in [0.15, 0.2) is 0 Å². The number of piperidine rings is 1. The van der Waals surface area contributed by atoms with E-state index in [4.69, 9.17) is 16.0 Å². The maximum Gasteiger partial charge on any atom is 0.410 e. The number of benzene rings is 2. The van der Waals surface area contributed by atoms with Gasteiger partial charge in [0.2, 0.25) is 0 Å². The fraction of sp³-hybridized carbons (Fsp3) is 0.417. The molecular weight excluding hydrogens is 364 g/mol. The van der Waals surface area contributed by atoms with E-state index in [2.05, 4.69) is 4.85 Å². The van der Waals surface area contributed by atoms with E-state index in [1.165, 1.54) is 0 Å². The summed E-state index contributed by atoms with van der Waals surface area (Å²) in [5.74, 6) is 0.734. The summed E-state index contributed by atoms with van der Waals surface area (Å²) in [6.07, 6.45) is 0.799. The fourth-order valence-corrected chi connectivity index (χ4v) is 3.54. The summed E-state index contributed by atoms with van der Waals surface area (Å²) in [5, 5.41) is 0. The normalized spacial score (nSPS) is 16.0. The summed E-state index contributed by atoms with van der Waals surface area (Å²) in [4.78, 5) is 18.1. The van der Waals surface area contributed by atoms with Gasteiger partial charge in [-0.25, -0.2) is 11.4 Å². The summed E-state index contributed by atoms with van der Waals surface area (Å²) in [7, 11) is 0. The Kier molecular flexibility index (Phi) is 6.12. The second-order valence-electron chi connectivity index (χ2n) is 8.38. The Bertz CT molecular complexity index is 873. The van der Waals surface area contributed by atoms with Gasteiger partial charge in [0.1, 0.15) is 18.0 Å². The Hall–Kier alpha value is -3.00. The molecule has 1 amide bonds. The average Bonchev–Trinajstić information content (AvgIpc) is 2.72. The molecule has 29 heavy (non-hydrogen) atoms. The van der Waals surface area contributed by atoms with Gasteiger partial charge in [-0.1, -0.05) is 42.5 Å². The van der Waals surface area contributed by atoms with Gasteiger partial charge in [0.05, 0.1) is 5.56 Å². The Morgan fingerprint density at radius 1 is 1.07 bits per heavy atom. The van der Waals surface area contributed by atoms with E-state index < -0.39 is 11.1 Å². The van der Waals surface area contributed by atoms with Crippen LogP contribution in [0.5, 0.6) is 5.75 Å². The van der Waals surface area contributed by atoms with E-state index in [0.29, 0.717) is 32.5 Å². The molecule has 2 aromatic rings. The van der Waals surface area contributed by atoms with Crippen molar-refractivity contribution in [1.29, 1.82) is 0 Å². The molecule has 0 spiro atoms. The van der Waals surface area contributed by atoms with Gasteiger partial charge < -0.3 is 19.2 Å². The molecule has 0 radical (unpaired) electrons. The minimum Gasteiger partial charge on any atom is -0.488 e. The second-order valence-corrected chi connectivity index (χ2v) is 8.38. The lowest BCUT2D eigenvalue weighted by molar-refractivity contribution is 0.0181. The van der Waals surface area contributed by atoms with Crippen molar-refractivity contribution in [1.82, 2.24) is 4.90 Å². The number of rotatable bonds is 4. The molecule has 0 aromatic heterocycles. The topological polar surface area (TPSA) is 43.1 Å². The summed E-state index contributed by atoms with van der Waals surface area (Å²) >= 11 is 0. The minimum absolute atomic E-state index is 0.315. The van der Waals surface area contributed by atoms with Crippen molar-refractivity contribution in [3.8, 4) is 5.75 Å². The first-order valence-electron chi connectivity index (χ1n) is 9.96. The highest BCUT2D eigenvalue weighted by molar-refractivity contribution is 5.68. The third-order valence-corrected chi connectivity index (χ3v) is 5.08. The van der Waals surface area contributed by atoms with Crippen LogP contribution in [0.25, 0.3) is 4.85 Å². The molecule has 1 aliphatic rings. The van der Waals surface area contributed by atoms with Crippen LogP contribution >= 0.6 is 0 Å². The van der Waals surface area contributed by atoms with Crippen LogP contribution in [0.4, 0.5) is 4.79 Å². The van der Waals surface area contributed by atoms with Crippen molar-refractivity contribution in [3.63, 3.8) is 0 Å². The first-order chi connectivity index (χ1) is 13.8. The number of amides is 1. The molecule has 2 aromatic carbocycles. The van der Waals surface area contributed by atoms with Crippen molar-refractivity contribution in [2.45, 2.75) is 51.4 Å². The molecule has 5 nitrogen and oxygen atoms in total. The van der Waals surface area contributed by atoms with Crippen LogP contribution in [0.3, 0.4) is 0 Å². The van der Waals surface area contributed by atoms with Gasteiger partial charge in [-0.2, -0.15) is 0 Å². The number of hydrogen-bond acceptors (Lipinski definition) is 3. The average molecular weight is 392 g/mol. The van der Waals surface area contributed by atoms with Crippen molar-refractivity contribution < 1.29 is 14.3 Å². The summed E-state index contributed by atoms with van der Waals surface area (Å²) < 4.78 is 11.6. The predicted molar refractivity (Wildman–Crippen MR) is 113 cm³/mol. The van der Waals surface area contributed by atoms with Gasteiger partial charge in [-0.15, -0.1) is 0 Å². The van der Waals surface area contributed by atoms with Crippen LogP contribution in [-0.4, -0.2) is 29.7 Å². The number of para-hydroxylation sites is 1. The highest BCUT2D eigenvalue weighted by atomic mass is 16.6. The van der Waals surface area contributed by atoms with Crippen molar-refractivity contribution >= 4 is 6.09 Å². The lowest BCUT2D eigenvalue weighted by Crippen LogP contribution is -2.45. The predicted octanol–water partition coefficient (Wildman–Crippen LogP) is 5.41. The maximum absolute atomic E-state index is 12.4. The number of nitrogens with zero attached hydrogens (tertiary/aromatic N) is 2. The van der Waals surface area contributed by atoms with Crippen LogP contribution in [0.1, 0.15) is 44.7 Å². The molecule has 1 aliphatic heterocycles. The van der Waals surface area contributed by atoms with Crippen LogP contribution in [0.15, 0.2) is 54.6 Å². The van der Waals surface area contributed by atoms with Crippen molar-refractivity contribution in [2.75, 3.05) is 13.1 Å². The third kappa shape index (κ3) is 5.08. The molecule has 3 rings (SSSR count). The highest BCUT2D eigenvalue weighted by Gasteiger charge is 2.45. The smallest absolute Gasteiger partial charge is 0.410 e. The van der Waals surface area contributed by atoms with Crippen LogP contribution < -0.4 is 4.74 Å². The minimum atomic E-state index is -0.689. The standard InChI is InChI=1S/C24H28N2O3/c1-23(2,3)29-22(27)26-16-14-24(25-4,15-17-26)20-12-8-9-13-21(20)28-18-19-10-6-5-7-11-19/h5-13H,14-18H2,1-3H3. The third-order valence-electron chi connectivity index (χ3n) is 5.08. The lowest BCUT2D eigenvalue weighted by atomic mass is 9.81. The molecule has 0 unspecified atom stereocenters. The summed E-state index contributed by atoms with van der Waals surface area (Å²) in [6, 6.07) is 17.8. The number of hydrogen-bond donors (Lipinski definition) is 0. The molecule has 1 saturated heterocycles. The number of carbonyl (C=O) groups excluding carboxylic acids is 1. The summed E-state index contributed by atoms with van der Waals surface area (Å²) in [6.45, 7) is 14.9. The molecule has 1 heterocycles. The molecule has 5 heteroatoms. The Morgan fingerprint density at radius 3 is 2.31 bits per heavy atom. The molecular formula is C24H28N2O3. The SMILES string of the molecule is [C-]#[N+]C1(c2ccccc2OCc2ccccc2)CCN(C(=O)OC(C)(C)C)CC1. The molecule has 152 valence electrons. The molecule has 0 atom stereocenters. The van der Waals surface area contributed by atoms with E-state index in [0.717, 1.165) is 16.9 Å². The van der Waals surface area contributed by atoms with E-state index in [9.17, 15) is 4.79 Å². The second kappa shape index (κ2) is 8.57. The van der Waals surface area contributed by atoms with E-state index in [1.807, 2.05) is 75.4 Å². The van der Waals surface area contributed by atoms with Gasteiger partial charge in [-0.05, 0) is 38.5 Å². The molecule has 0 N–H and O–H groups in total. The van der Waals surface area contributed by atoms with Gasteiger partial charge >= 0.3 is 6.09 Å². The van der Waals surface area contributed by atoms with Crippen LogP contribution in [0.2, 0.25) is 0 Å². The van der Waals surface area contributed by atoms with Gasteiger partial charge in [0, 0.05) is 25.9 Å². The van der Waals surface area contributed by atoms with Gasteiger partial charge in [-0.3, -0.25) is 0 Å². The van der Waals surface area contributed by atoms with E-state index >= 15 is 0 Å². The zero-order chi connectivity index (χ0) is 20.9. The molecule has 0 saturated carbocycles. The number of carbonyl (C=O) groups is 1. The van der Waals surface area contributed by atoms with Crippen molar-refractivity contribution in [2.24, 2.45) is 0 Å². The Labute approximate surface area is 173 Å². The zero-order valence-corrected chi connectivity index (χ0v) is 17.4. The Balaban J connectivity index is 1.74. The van der Waals surface area contributed by atoms with E-state index in [-0.39, 0.29) is 6.09 Å². The van der Waals surface area contributed by atoms with E-state index in [1.54, 1.807) is 4.90 Å². The number of ether oxygens (including phenoxy) is 2. The van der Waals surface area contributed by atoms with Crippen LogP contribution in [-0.2, 0) is 16.9 Å². The molecule has 1 fully saturated rings. The van der Waals surface area contributed by atoms with Crippen molar-refractivity contribution in [3.05, 3.63) is 77.1 Å². The van der Waals surface area contributed by atoms with Gasteiger partial charge in [0.25, 0.3) is 5.54 Å². The first kappa shape index (κ1) is 20.7. The molecule has 0 aliphatic carbocycles. The van der Waals surface area contributed by atoms with Crippen LogP contribution in [0, 0.1) is 6.57 Å². The highest BCUT2D eigenvalue weighted by Crippen LogP contribution is 2.42. The Morgan fingerprint density at radius 2 is 1.69 bits per heavy atom.